The first-order valence-corrected chi connectivity index (χ1v) is 6.90. The van der Waals surface area contributed by atoms with Gasteiger partial charge in [0.05, 0.1) is 0 Å². The van der Waals surface area contributed by atoms with Crippen LogP contribution in [0.4, 0.5) is 0 Å². The van der Waals surface area contributed by atoms with Gasteiger partial charge >= 0.3 is 0 Å². The Labute approximate surface area is 109 Å². The fraction of sp³-hybridized carbons (Fsp3) is 0.364. The quantitative estimate of drug-likeness (QED) is 0.919. The molecule has 4 nitrogen and oxygen atoms in total. The third kappa shape index (κ3) is 3.49. The van der Waals surface area contributed by atoms with Crippen molar-refractivity contribution in [2.24, 2.45) is 5.73 Å². The number of hydrogen-bond donors (Lipinski definition) is 1. The summed E-state index contributed by atoms with van der Waals surface area (Å²) < 4.78 is 4.89. The Morgan fingerprint density at radius 2 is 2.29 bits per heavy atom. The molecule has 0 spiro atoms. The van der Waals surface area contributed by atoms with E-state index in [4.69, 9.17) is 5.73 Å². The van der Waals surface area contributed by atoms with Gasteiger partial charge in [-0.05, 0) is 54.7 Å². The lowest BCUT2D eigenvalue weighted by Gasteiger charge is -2.07. The molecule has 17 heavy (non-hydrogen) atoms. The molecule has 0 radical (unpaired) electrons. The van der Waals surface area contributed by atoms with Crippen molar-refractivity contribution in [2.75, 3.05) is 0 Å². The van der Waals surface area contributed by atoms with Crippen LogP contribution in [-0.4, -0.2) is 20.4 Å². The molecule has 1 unspecified atom stereocenters. The lowest BCUT2D eigenvalue weighted by atomic mass is 10.1. The zero-order valence-corrected chi connectivity index (χ0v) is 11.4. The number of nitrogens with zero attached hydrogens (tertiary/aromatic N) is 3. The van der Waals surface area contributed by atoms with E-state index in [9.17, 15) is 0 Å². The summed E-state index contributed by atoms with van der Waals surface area (Å²) in [6.45, 7) is 4.06. The maximum atomic E-state index is 5.77. The second kappa shape index (κ2) is 5.57. The Balaban J connectivity index is 2.14. The van der Waals surface area contributed by atoms with E-state index >= 15 is 0 Å². The van der Waals surface area contributed by atoms with Crippen LogP contribution in [0.1, 0.15) is 18.1 Å². The largest absolute Gasteiger partial charge is 0.328 e. The maximum Gasteiger partial charge on any atom is 0.176 e. The van der Waals surface area contributed by atoms with E-state index in [1.807, 2.05) is 13.1 Å². The second-order valence-corrected chi connectivity index (χ2v) is 5.97. The van der Waals surface area contributed by atoms with E-state index in [-0.39, 0.29) is 6.04 Å². The molecule has 0 saturated heterocycles. The molecule has 0 fully saturated rings. The summed E-state index contributed by atoms with van der Waals surface area (Å²) >= 11 is 2.93. The van der Waals surface area contributed by atoms with E-state index in [0.717, 1.165) is 21.3 Å². The molecule has 2 heterocycles. The third-order valence-corrected chi connectivity index (χ3v) is 4.01. The van der Waals surface area contributed by atoms with E-state index in [1.165, 1.54) is 17.1 Å². The zero-order chi connectivity index (χ0) is 12.3. The smallest absolute Gasteiger partial charge is 0.176 e. The number of hydrogen-bond acceptors (Lipinski definition) is 6. The van der Waals surface area contributed by atoms with Crippen LogP contribution in [0, 0.1) is 6.92 Å². The van der Waals surface area contributed by atoms with Gasteiger partial charge in [0.2, 0.25) is 0 Å². The molecule has 2 rings (SSSR count). The highest BCUT2D eigenvalue weighted by atomic mass is 32.2. The zero-order valence-electron chi connectivity index (χ0n) is 9.75. The predicted molar refractivity (Wildman–Crippen MR) is 70.4 cm³/mol. The average Bonchev–Trinajstić information content (AvgIpc) is 2.74. The van der Waals surface area contributed by atoms with Gasteiger partial charge in [-0.25, -0.2) is 9.97 Å². The van der Waals surface area contributed by atoms with Crippen LogP contribution >= 0.6 is 23.3 Å². The molecule has 6 heteroatoms. The van der Waals surface area contributed by atoms with Gasteiger partial charge in [-0.1, -0.05) is 6.07 Å². The molecule has 0 amide bonds. The first kappa shape index (κ1) is 12.5. The van der Waals surface area contributed by atoms with Gasteiger partial charge in [0.15, 0.2) is 4.34 Å². The first-order valence-electron chi connectivity index (χ1n) is 5.31. The second-order valence-electron chi connectivity index (χ2n) is 3.96. The molecule has 90 valence electrons. The third-order valence-electron chi connectivity index (χ3n) is 2.17. The molecule has 0 aliphatic heterocycles. The minimum Gasteiger partial charge on any atom is -0.328 e. The predicted octanol–water partition coefficient (Wildman–Crippen LogP) is 2.28. The van der Waals surface area contributed by atoms with Crippen LogP contribution in [0.15, 0.2) is 28.0 Å². The van der Waals surface area contributed by atoms with Crippen LogP contribution in [0.2, 0.25) is 0 Å². The SMILES string of the molecule is Cc1cc(CC(C)N)cnc1Sc1ncns1. The van der Waals surface area contributed by atoms with Crippen molar-refractivity contribution in [3.8, 4) is 0 Å². The van der Waals surface area contributed by atoms with E-state index < -0.39 is 0 Å². The number of pyridine rings is 1. The number of rotatable bonds is 4. The van der Waals surface area contributed by atoms with Gasteiger partial charge in [0.1, 0.15) is 11.4 Å². The highest BCUT2D eigenvalue weighted by Gasteiger charge is 2.07. The summed E-state index contributed by atoms with van der Waals surface area (Å²) in [6.07, 6.45) is 4.31. The Morgan fingerprint density at radius 3 is 2.88 bits per heavy atom. The number of nitrogens with two attached hydrogens (primary N) is 1. The molecule has 2 aromatic heterocycles. The molecule has 1 atom stereocenters. The molecule has 0 bridgehead atoms. The summed E-state index contributed by atoms with van der Waals surface area (Å²) in [5, 5.41) is 0.982. The Morgan fingerprint density at radius 1 is 1.47 bits per heavy atom. The van der Waals surface area contributed by atoms with E-state index in [0.29, 0.717) is 0 Å². The molecular formula is C11H14N4S2. The van der Waals surface area contributed by atoms with Gasteiger partial charge in [-0.3, -0.25) is 0 Å². The van der Waals surface area contributed by atoms with Gasteiger partial charge in [0, 0.05) is 12.2 Å². The van der Waals surface area contributed by atoms with Gasteiger partial charge in [-0.15, -0.1) is 0 Å². The lowest BCUT2D eigenvalue weighted by molar-refractivity contribution is 0.733. The summed E-state index contributed by atoms with van der Waals surface area (Å²) in [4.78, 5) is 8.59. The van der Waals surface area contributed by atoms with Gasteiger partial charge in [-0.2, -0.15) is 4.37 Å². The minimum atomic E-state index is 0.165. The van der Waals surface area contributed by atoms with Crippen molar-refractivity contribution in [3.05, 3.63) is 29.7 Å². The monoisotopic (exact) mass is 266 g/mol. The van der Waals surface area contributed by atoms with Gasteiger partial charge < -0.3 is 5.73 Å². The van der Waals surface area contributed by atoms with Crippen LogP contribution in [-0.2, 0) is 6.42 Å². The Kier molecular flexibility index (Phi) is 4.09. The molecule has 0 aliphatic rings. The Bertz CT molecular complexity index is 482. The van der Waals surface area contributed by atoms with Crippen molar-refractivity contribution in [3.63, 3.8) is 0 Å². The lowest BCUT2D eigenvalue weighted by Crippen LogP contribution is -2.17. The first-order chi connectivity index (χ1) is 8.15. The highest BCUT2D eigenvalue weighted by Crippen LogP contribution is 2.29. The maximum absolute atomic E-state index is 5.77. The summed E-state index contributed by atoms with van der Waals surface area (Å²) in [5.74, 6) is 0. The Hall–Kier alpha value is -0.980. The summed E-state index contributed by atoms with van der Waals surface area (Å²) in [5.41, 5.74) is 8.11. The van der Waals surface area contributed by atoms with Crippen LogP contribution in [0.3, 0.4) is 0 Å². The van der Waals surface area contributed by atoms with Gasteiger partial charge in [0.25, 0.3) is 0 Å². The van der Waals surface area contributed by atoms with Crippen LogP contribution in [0.25, 0.3) is 0 Å². The van der Waals surface area contributed by atoms with E-state index in [1.54, 1.807) is 18.1 Å². The van der Waals surface area contributed by atoms with Crippen molar-refractivity contribution in [1.29, 1.82) is 0 Å². The fourth-order valence-corrected chi connectivity index (χ4v) is 2.89. The summed E-state index contributed by atoms with van der Waals surface area (Å²) in [7, 11) is 0. The van der Waals surface area contributed by atoms with Crippen LogP contribution in [0.5, 0.6) is 0 Å². The number of aromatic nitrogens is 3. The number of aryl methyl sites for hydroxylation is 1. The molecule has 2 aromatic rings. The molecule has 0 saturated carbocycles. The highest BCUT2D eigenvalue weighted by molar-refractivity contribution is 8.00. The van der Waals surface area contributed by atoms with Crippen molar-refractivity contribution in [2.45, 2.75) is 35.7 Å². The van der Waals surface area contributed by atoms with Crippen LogP contribution < -0.4 is 5.73 Å². The molecule has 2 N–H and O–H groups in total. The summed E-state index contributed by atoms with van der Waals surface area (Å²) in [6, 6.07) is 2.30. The molecule has 0 aromatic carbocycles. The fourth-order valence-electron chi connectivity index (χ4n) is 1.50. The normalized spacial score (nSPS) is 12.6. The molecular weight excluding hydrogens is 252 g/mol. The molecule has 0 aliphatic carbocycles. The van der Waals surface area contributed by atoms with Crippen molar-refractivity contribution < 1.29 is 0 Å². The average molecular weight is 266 g/mol. The van der Waals surface area contributed by atoms with E-state index in [2.05, 4.69) is 27.3 Å². The minimum absolute atomic E-state index is 0.165. The standard InChI is InChI=1S/C11H14N4S2/c1-7-3-9(4-8(2)12)5-13-10(7)16-11-14-6-15-17-11/h3,5-6,8H,4,12H2,1-2H3. The van der Waals surface area contributed by atoms with Crippen molar-refractivity contribution in [1.82, 2.24) is 14.3 Å². The topological polar surface area (TPSA) is 64.7 Å². The van der Waals surface area contributed by atoms with Crippen molar-refractivity contribution >= 4 is 23.3 Å².